The van der Waals surface area contributed by atoms with E-state index in [2.05, 4.69) is 21.2 Å². The summed E-state index contributed by atoms with van der Waals surface area (Å²) in [6.45, 7) is 0. The number of nitrogens with zero attached hydrogens (tertiary/aromatic N) is 1. The van der Waals surface area contributed by atoms with E-state index in [1.165, 1.54) is 0 Å². The van der Waals surface area contributed by atoms with Gasteiger partial charge >= 0.3 is 5.97 Å². The number of carboxylic acids is 1. The number of hydrogen-bond donors (Lipinski definition) is 2. The Kier molecular flexibility index (Phi) is 3.99. The lowest BCUT2D eigenvalue weighted by molar-refractivity contribution is -0.145. The maximum atomic E-state index is 12.2. The first-order valence-corrected chi connectivity index (χ1v) is 7.12. The van der Waals surface area contributed by atoms with E-state index in [9.17, 15) is 14.7 Å². The highest BCUT2D eigenvalue weighted by atomic mass is 79.9. The third kappa shape index (κ3) is 2.83. The van der Waals surface area contributed by atoms with E-state index in [0.29, 0.717) is 18.5 Å². The van der Waals surface area contributed by atoms with Gasteiger partial charge < -0.3 is 15.0 Å². The summed E-state index contributed by atoms with van der Waals surface area (Å²) in [5, 5.41) is 12.2. The molecule has 1 heterocycles. The molecule has 0 aromatic carbocycles. The third-order valence-electron chi connectivity index (χ3n) is 3.67. The zero-order valence-corrected chi connectivity index (χ0v) is 12.4. The maximum absolute atomic E-state index is 12.2. The highest BCUT2D eigenvalue weighted by Crippen LogP contribution is 2.29. The molecule has 1 aliphatic rings. The average molecular weight is 329 g/mol. The minimum Gasteiger partial charge on any atom is -0.480 e. The van der Waals surface area contributed by atoms with Crippen LogP contribution >= 0.6 is 15.9 Å². The molecule has 19 heavy (non-hydrogen) atoms. The van der Waals surface area contributed by atoms with Gasteiger partial charge in [0.2, 0.25) is 0 Å². The average Bonchev–Trinajstić information content (AvgIpc) is 2.69. The van der Waals surface area contributed by atoms with Crippen molar-refractivity contribution in [3.63, 3.8) is 0 Å². The van der Waals surface area contributed by atoms with Gasteiger partial charge in [-0.15, -0.1) is 0 Å². The molecule has 1 fully saturated rings. The van der Waals surface area contributed by atoms with Crippen molar-refractivity contribution >= 4 is 27.8 Å². The molecule has 1 aliphatic carbocycles. The second-order valence-corrected chi connectivity index (χ2v) is 5.97. The number of aryl methyl sites for hydroxylation is 1. The molecule has 0 atom stereocenters. The quantitative estimate of drug-likeness (QED) is 0.894. The Bertz CT molecular complexity index is 504. The van der Waals surface area contributed by atoms with Gasteiger partial charge in [-0.1, -0.05) is 19.3 Å². The fraction of sp³-hybridized carbons (Fsp3) is 0.538. The number of hydrogen-bond acceptors (Lipinski definition) is 2. The monoisotopic (exact) mass is 328 g/mol. The Labute approximate surface area is 120 Å². The number of carbonyl (C=O) groups excluding carboxylic acids is 1. The summed E-state index contributed by atoms with van der Waals surface area (Å²) in [5.74, 6) is -1.27. The summed E-state index contributed by atoms with van der Waals surface area (Å²) in [4.78, 5) is 23.7. The first-order chi connectivity index (χ1) is 8.94. The van der Waals surface area contributed by atoms with Crippen molar-refractivity contribution in [3.05, 3.63) is 22.4 Å². The molecule has 0 spiro atoms. The van der Waals surface area contributed by atoms with Crippen LogP contribution in [0.15, 0.2) is 16.7 Å². The molecule has 104 valence electrons. The number of carboxylic acid groups (broad SMARTS) is 1. The van der Waals surface area contributed by atoms with Gasteiger partial charge in [-0.25, -0.2) is 4.79 Å². The molecule has 1 aromatic rings. The van der Waals surface area contributed by atoms with Crippen LogP contribution in [-0.4, -0.2) is 27.1 Å². The molecule has 6 heteroatoms. The van der Waals surface area contributed by atoms with Crippen molar-refractivity contribution in [2.75, 3.05) is 0 Å². The second-order valence-electron chi connectivity index (χ2n) is 5.06. The molecule has 1 saturated carbocycles. The van der Waals surface area contributed by atoms with E-state index >= 15 is 0 Å². The summed E-state index contributed by atoms with van der Waals surface area (Å²) < 4.78 is 2.48. The van der Waals surface area contributed by atoms with Crippen molar-refractivity contribution in [2.45, 2.75) is 37.6 Å². The minimum atomic E-state index is -1.11. The maximum Gasteiger partial charge on any atom is 0.329 e. The predicted molar refractivity (Wildman–Crippen MR) is 74.0 cm³/mol. The van der Waals surface area contributed by atoms with Crippen LogP contribution in [0.5, 0.6) is 0 Å². The molecule has 1 aromatic heterocycles. The van der Waals surface area contributed by atoms with Crippen LogP contribution < -0.4 is 5.32 Å². The summed E-state index contributed by atoms with van der Waals surface area (Å²) in [5.41, 5.74) is -0.649. The molecular weight excluding hydrogens is 312 g/mol. The fourth-order valence-corrected chi connectivity index (χ4v) is 3.10. The van der Waals surface area contributed by atoms with E-state index < -0.39 is 11.5 Å². The van der Waals surface area contributed by atoms with E-state index in [1.807, 2.05) is 0 Å². The number of amides is 1. The van der Waals surface area contributed by atoms with Gasteiger partial charge in [-0.05, 0) is 34.8 Å². The van der Waals surface area contributed by atoms with Crippen LogP contribution in [0.25, 0.3) is 0 Å². The van der Waals surface area contributed by atoms with Crippen LogP contribution in [0, 0.1) is 0 Å². The Morgan fingerprint density at radius 3 is 2.47 bits per heavy atom. The molecule has 0 bridgehead atoms. The van der Waals surface area contributed by atoms with Crippen molar-refractivity contribution in [1.29, 1.82) is 0 Å². The fourth-order valence-electron chi connectivity index (χ4n) is 2.58. The van der Waals surface area contributed by atoms with Gasteiger partial charge in [0.25, 0.3) is 5.91 Å². The highest BCUT2D eigenvalue weighted by Gasteiger charge is 2.41. The van der Waals surface area contributed by atoms with Gasteiger partial charge in [0.1, 0.15) is 11.2 Å². The molecular formula is C13H17BrN2O3. The predicted octanol–water partition coefficient (Wildman–Crippen LogP) is 2.30. The number of aliphatic carboxylic acids is 1. The van der Waals surface area contributed by atoms with E-state index in [4.69, 9.17) is 0 Å². The lowest BCUT2D eigenvalue weighted by Crippen LogP contribution is -2.55. The van der Waals surface area contributed by atoms with Gasteiger partial charge in [0.15, 0.2) is 0 Å². The molecule has 0 saturated heterocycles. The topological polar surface area (TPSA) is 71.3 Å². The molecule has 2 rings (SSSR count). The number of halogens is 1. The smallest absolute Gasteiger partial charge is 0.329 e. The SMILES string of the molecule is Cn1cc(Br)cc1C(=O)NC1(C(=O)O)CCCCC1. The zero-order chi connectivity index (χ0) is 14.0. The van der Waals surface area contributed by atoms with E-state index in [0.717, 1.165) is 23.7 Å². The summed E-state index contributed by atoms with van der Waals surface area (Å²) in [6.07, 6.45) is 5.47. The Morgan fingerprint density at radius 2 is 2.00 bits per heavy atom. The number of rotatable bonds is 3. The van der Waals surface area contributed by atoms with Crippen LogP contribution in [0.1, 0.15) is 42.6 Å². The van der Waals surface area contributed by atoms with Gasteiger partial charge in [-0.3, -0.25) is 4.79 Å². The van der Waals surface area contributed by atoms with Crippen molar-refractivity contribution in [2.24, 2.45) is 7.05 Å². The van der Waals surface area contributed by atoms with Crippen molar-refractivity contribution in [3.8, 4) is 0 Å². The van der Waals surface area contributed by atoms with Crippen molar-refractivity contribution in [1.82, 2.24) is 9.88 Å². The number of nitrogens with one attached hydrogen (secondary N) is 1. The number of aromatic nitrogens is 1. The van der Waals surface area contributed by atoms with Crippen molar-refractivity contribution < 1.29 is 14.7 Å². The minimum absolute atomic E-state index is 0.336. The van der Waals surface area contributed by atoms with Crippen LogP contribution in [0.3, 0.4) is 0 Å². The molecule has 0 aliphatic heterocycles. The first-order valence-electron chi connectivity index (χ1n) is 6.32. The van der Waals surface area contributed by atoms with Gasteiger partial charge in [-0.2, -0.15) is 0 Å². The first kappa shape index (κ1) is 14.1. The normalized spacial score (nSPS) is 18.0. The van der Waals surface area contributed by atoms with Crippen LogP contribution in [0.4, 0.5) is 0 Å². The standard InChI is InChI=1S/C13H17BrN2O3/c1-16-8-9(14)7-10(16)11(17)15-13(12(18)19)5-3-2-4-6-13/h7-8H,2-6H2,1H3,(H,15,17)(H,18,19). The highest BCUT2D eigenvalue weighted by molar-refractivity contribution is 9.10. The molecule has 0 unspecified atom stereocenters. The lowest BCUT2D eigenvalue weighted by atomic mass is 9.81. The molecule has 1 amide bonds. The van der Waals surface area contributed by atoms with Gasteiger partial charge in [0.05, 0.1) is 0 Å². The van der Waals surface area contributed by atoms with Crippen LogP contribution in [-0.2, 0) is 11.8 Å². The summed E-state index contributed by atoms with van der Waals surface area (Å²) in [7, 11) is 1.76. The molecule has 5 nitrogen and oxygen atoms in total. The van der Waals surface area contributed by atoms with Gasteiger partial charge in [0, 0.05) is 17.7 Å². The summed E-state index contributed by atoms with van der Waals surface area (Å²) in [6, 6.07) is 1.69. The van der Waals surface area contributed by atoms with E-state index in [1.54, 1.807) is 23.9 Å². The molecule has 0 radical (unpaired) electrons. The zero-order valence-electron chi connectivity index (χ0n) is 10.8. The third-order valence-corrected chi connectivity index (χ3v) is 4.11. The Morgan fingerprint density at radius 1 is 1.37 bits per heavy atom. The molecule has 2 N–H and O–H groups in total. The largest absolute Gasteiger partial charge is 0.480 e. The van der Waals surface area contributed by atoms with Crippen LogP contribution in [0.2, 0.25) is 0 Å². The summed E-state index contributed by atoms with van der Waals surface area (Å²) >= 11 is 3.30. The Balaban J connectivity index is 2.20. The number of carbonyl (C=O) groups is 2. The lowest BCUT2D eigenvalue weighted by Gasteiger charge is -2.33. The van der Waals surface area contributed by atoms with E-state index in [-0.39, 0.29) is 5.91 Å². The second kappa shape index (κ2) is 5.36. The Hall–Kier alpha value is -1.30.